The van der Waals surface area contributed by atoms with Gasteiger partial charge in [-0.3, -0.25) is 0 Å². The summed E-state index contributed by atoms with van der Waals surface area (Å²) in [5.74, 6) is 3.75. The second kappa shape index (κ2) is 5.07. The monoisotopic (exact) mass is 273 g/mol. The molecule has 0 bridgehead atoms. The topological polar surface area (TPSA) is 71.8 Å². The standard InChI is InChI=1S/C13H19N7/c1-4-10-16-12(14-3)9(2)13(17-10)19-5-6-20-8-15-18-11(20)7-19/h8H,4-7H2,1-3H3,(H,14,16,17). The molecule has 7 nitrogen and oxygen atoms in total. The van der Waals surface area contributed by atoms with Gasteiger partial charge in [-0.15, -0.1) is 10.2 Å². The smallest absolute Gasteiger partial charge is 0.152 e. The maximum Gasteiger partial charge on any atom is 0.152 e. The Morgan fingerprint density at radius 3 is 2.90 bits per heavy atom. The average Bonchev–Trinajstić information content (AvgIpc) is 2.95. The number of aryl methyl sites for hydroxylation is 1. The number of aromatic nitrogens is 5. The molecule has 1 aliphatic heterocycles. The fourth-order valence-corrected chi connectivity index (χ4v) is 2.51. The molecule has 1 aliphatic rings. The molecule has 2 aromatic rings. The van der Waals surface area contributed by atoms with Gasteiger partial charge in [-0.05, 0) is 6.92 Å². The Morgan fingerprint density at radius 1 is 1.30 bits per heavy atom. The summed E-state index contributed by atoms with van der Waals surface area (Å²) in [6.45, 7) is 6.67. The summed E-state index contributed by atoms with van der Waals surface area (Å²) in [6.07, 6.45) is 2.61. The SMILES string of the molecule is CCc1nc(NC)c(C)c(N2CCn3cnnc3C2)n1. The van der Waals surface area contributed by atoms with Crippen molar-refractivity contribution >= 4 is 11.6 Å². The molecule has 2 aromatic heterocycles. The lowest BCUT2D eigenvalue weighted by Gasteiger charge is -2.29. The number of rotatable bonds is 3. The van der Waals surface area contributed by atoms with E-state index in [1.807, 2.05) is 7.05 Å². The predicted octanol–water partition coefficient (Wildman–Crippen LogP) is 1.00. The first kappa shape index (κ1) is 12.8. The van der Waals surface area contributed by atoms with Gasteiger partial charge in [-0.25, -0.2) is 9.97 Å². The maximum atomic E-state index is 4.70. The normalized spacial score (nSPS) is 14.2. The van der Waals surface area contributed by atoms with Crippen molar-refractivity contribution in [2.24, 2.45) is 0 Å². The zero-order chi connectivity index (χ0) is 14.1. The van der Waals surface area contributed by atoms with Gasteiger partial charge in [0.1, 0.15) is 23.8 Å². The molecular formula is C13H19N7. The highest BCUT2D eigenvalue weighted by Crippen LogP contribution is 2.26. The van der Waals surface area contributed by atoms with Crippen molar-refractivity contribution < 1.29 is 0 Å². The highest BCUT2D eigenvalue weighted by atomic mass is 15.3. The van der Waals surface area contributed by atoms with Crippen LogP contribution >= 0.6 is 0 Å². The Bertz CT molecular complexity index is 619. The van der Waals surface area contributed by atoms with E-state index in [-0.39, 0.29) is 0 Å². The van der Waals surface area contributed by atoms with Crippen molar-refractivity contribution in [2.75, 3.05) is 23.8 Å². The minimum Gasteiger partial charge on any atom is -0.373 e. The molecule has 0 unspecified atom stereocenters. The van der Waals surface area contributed by atoms with E-state index in [9.17, 15) is 0 Å². The molecule has 0 aliphatic carbocycles. The van der Waals surface area contributed by atoms with E-state index in [1.165, 1.54) is 0 Å². The van der Waals surface area contributed by atoms with E-state index >= 15 is 0 Å². The summed E-state index contributed by atoms with van der Waals surface area (Å²) in [6, 6.07) is 0. The van der Waals surface area contributed by atoms with Gasteiger partial charge < -0.3 is 14.8 Å². The number of fused-ring (bicyclic) bond motifs is 1. The predicted molar refractivity (Wildman–Crippen MR) is 76.8 cm³/mol. The quantitative estimate of drug-likeness (QED) is 0.899. The summed E-state index contributed by atoms with van der Waals surface area (Å²) < 4.78 is 2.09. The molecule has 0 fully saturated rings. The largest absolute Gasteiger partial charge is 0.373 e. The lowest BCUT2D eigenvalue weighted by atomic mass is 10.2. The van der Waals surface area contributed by atoms with Gasteiger partial charge in [0.25, 0.3) is 0 Å². The van der Waals surface area contributed by atoms with Crippen LogP contribution in [-0.2, 0) is 19.5 Å². The molecule has 7 heteroatoms. The van der Waals surface area contributed by atoms with Crippen LogP contribution in [0.1, 0.15) is 24.1 Å². The first-order chi connectivity index (χ1) is 9.72. The van der Waals surface area contributed by atoms with Crippen LogP contribution in [0.4, 0.5) is 11.6 Å². The Balaban J connectivity index is 1.98. The van der Waals surface area contributed by atoms with Crippen LogP contribution in [0.25, 0.3) is 0 Å². The highest BCUT2D eigenvalue weighted by Gasteiger charge is 2.22. The molecule has 0 atom stereocenters. The molecule has 0 aromatic carbocycles. The van der Waals surface area contributed by atoms with Crippen LogP contribution in [0.2, 0.25) is 0 Å². The molecule has 0 radical (unpaired) electrons. The van der Waals surface area contributed by atoms with E-state index < -0.39 is 0 Å². The summed E-state index contributed by atoms with van der Waals surface area (Å²) in [7, 11) is 1.89. The van der Waals surface area contributed by atoms with Crippen molar-refractivity contribution in [1.82, 2.24) is 24.7 Å². The van der Waals surface area contributed by atoms with Gasteiger partial charge in [0.05, 0.1) is 6.54 Å². The lowest BCUT2D eigenvalue weighted by Crippen LogP contribution is -2.35. The molecule has 0 spiro atoms. The molecule has 0 saturated carbocycles. The Labute approximate surface area is 118 Å². The fraction of sp³-hybridized carbons (Fsp3) is 0.538. The third-order valence-corrected chi connectivity index (χ3v) is 3.66. The number of nitrogens with one attached hydrogen (secondary N) is 1. The van der Waals surface area contributed by atoms with E-state index in [2.05, 4.69) is 43.8 Å². The third-order valence-electron chi connectivity index (χ3n) is 3.66. The van der Waals surface area contributed by atoms with Crippen molar-refractivity contribution in [2.45, 2.75) is 33.4 Å². The molecule has 106 valence electrons. The van der Waals surface area contributed by atoms with Gasteiger partial charge in [0, 0.05) is 32.1 Å². The Hall–Kier alpha value is -2.18. The fourth-order valence-electron chi connectivity index (χ4n) is 2.51. The van der Waals surface area contributed by atoms with E-state index in [1.54, 1.807) is 6.33 Å². The van der Waals surface area contributed by atoms with Crippen LogP contribution in [0, 0.1) is 6.92 Å². The second-order valence-corrected chi connectivity index (χ2v) is 4.90. The number of anilines is 2. The zero-order valence-corrected chi connectivity index (χ0v) is 12.1. The summed E-state index contributed by atoms with van der Waals surface area (Å²) in [5, 5.41) is 11.3. The van der Waals surface area contributed by atoms with Crippen LogP contribution in [0.5, 0.6) is 0 Å². The summed E-state index contributed by atoms with van der Waals surface area (Å²) in [4.78, 5) is 11.5. The first-order valence-electron chi connectivity index (χ1n) is 6.89. The average molecular weight is 273 g/mol. The van der Waals surface area contributed by atoms with Crippen LogP contribution in [-0.4, -0.2) is 38.3 Å². The van der Waals surface area contributed by atoms with Crippen LogP contribution < -0.4 is 10.2 Å². The molecule has 3 rings (SSSR count). The van der Waals surface area contributed by atoms with Crippen LogP contribution in [0.3, 0.4) is 0 Å². The summed E-state index contributed by atoms with van der Waals surface area (Å²) >= 11 is 0. The van der Waals surface area contributed by atoms with Gasteiger partial charge in [-0.1, -0.05) is 6.92 Å². The third kappa shape index (κ3) is 2.09. The molecule has 20 heavy (non-hydrogen) atoms. The summed E-state index contributed by atoms with van der Waals surface area (Å²) in [5.41, 5.74) is 1.08. The minimum atomic E-state index is 0.740. The number of hydrogen-bond acceptors (Lipinski definition) is 6. The van der Waals surface area contributed by atoms with E-state index in [0.717, 1.165) is 54.9 Å². The molecule has 1 N–H and O–H groups in total. The lowest BCUT2D eigenvalue weighted by molar-refractivity contribution is 0.554. The Morgan fingerprint density at radius 2 is 2.15 bits per heavy atom. The first-order valence-corrected chi connectivity index (χ1v) is 6.89. The van der Waals surface area contributed by atoms with Crippen LogP contribution in [0.15, 0.2) is 6.33 Å². The van der Waals surface area contributed by atoms with Crippen molar-refractivity contribution in [3.8, 4) is 0 Å². The Kier molecular flexibility index (Phi) is 3.25. The maximum absolute atomic E-state index is 4.70. The van der Waals surface area contributed by atoms with Gasteiger partial charge >= 0.3 is 0 Å². The molecular weight excluding hydrogens is 254 g/mol. The van der Waals surface area contributed by atoms with Crippen molar-refractivity contribution in [3.05, 3.63) is 23.5 Å². The second-order valence-electron chi connectivity index (χ2n) is 4.90. The van der Waals surface area contributed by atoms with Crippen molar-refractivity contribution in [3.63, 3.8) is 0 Å². The molecule has 0 amide bonds. The molecule has 3 heterocycles. The minimum absolute atomic E-state index is 0.740. The van der Waals surface area contributed by atoms with Gasteiger partial charge in [0.15, 0.2) is 5.82 Å². The molecule has 0 saturated heterocycles. The van der Waals surface area contributed by atoms with E-state index in [0.29, 0.717) is 0 Å². The van der Waals surface area contributed by atoms with E-state index in [4.69, 9.17) is 4.98 Å². The zero-order valence-electron chi connectivity index (χ0n) is 12.1. The van der Waals surface area contributed by atoms with Gasteiger partial charge in [0.2, 0.25) is 0 Å². The highest BCUT2D eigenvalue weighted by molar-refractivity contribution is 5.58. The number of nitrogens with zero attached hydrogens (tertiary/aromatic N) is 6. The van der Waals surface area contributed by atoms with Gasteiger partial charge in [-0.2, -0.15) is 0 Å². The number of hydrogen-bond donors (Lipinski definition) is 1. The van der Waals surface area contributed by atoms with Crippen molar-refractivity contribution in [1.29, 1.82) is 0 Å².